The molecule has 0 unspecified atom stereocenters. The van der Waals surface area contributed by atoms with Crippen molar-refractivity contribution in [3.63, 3.8) is 0 Å². The lowest BCUT2D eigenvalue weighted by Gasteiger charge is -2.34. The monoisotopic (exact) mass is 440 g/mol. The Kier molecular flexibility index (Phi) is 14.0. The molecule has 0 aromatic heterocycles. The summed E-state index contributed by atoms with van der Waals surface area (Å²) in [6.07, 6.45) is 1.71. The minimum atomic E-state index is -1.83. The Hall–Kier alpha value is -0.272. The van der Waals surface area contributed by atoms with Gasteiger partial charge in [-0.3, -0.25) is 9.59 Å². The summed E-state index contributed by atoms with van der Waals surface area (Å²) >= 11 is 0. The van der Waals surface area contributed by atoms with Crippen molar-refractivity contribution in [3.05, 3.63) is 0 Å². The number of aliphatic carboxylic acids is 2. The Balaban J connectivity index is 0. The van der Waals surface area contributed by atoms with E-state index < -0.39 is 36.9 Å². The number of hydrogen-bond acceptors (Lipinski definition) is 4. The van der Waals surface area contributed by atoms with Gasteiger partial charge >= 0.3 is 11.9 Å². The Labute approximate surface area is 165 Å². The molecule has 0 saturated heterocycles. The summed E-state index contributed by atoms with van der Waals surface area (Å²) in [6.45, 7) is 17.3. The van der Waals surface area contributed by atoms with Crippen LogP contribution in [0, 0.1) is 0 Å². The van der Waals surface area contributed by atoms with Gasteiger partial charge in [-0.2, -0.15) is 0 Å². The molecule has 0 aromatic rings. The van der Waals surface area contributed by atoms with Gasteiger partial charge in [0.2, 0.25) is 0 Å². The maximum absolute atomic E-state index is 10.5. The van der Waals surface area contributed by atoms with E-state index in [2.05, 4.69) is 52.4 Å². The first-order valence-corrected chi connectivity index (χ1v) is 21.0. The van der Waals surface area contributed by atoms with E-state index in [0.29, 0.717) is 12.8 Å². The van der Waals surface area contributed by atoms with Gasteiger partial charge in [-0.05, 0) is 70.8 Å². The topological polar surface area (TPSA) is 93.1 Å². The molecule has 0 aliphatic rings. The SMILES string of the molecule is C[SiH2]O[Si](C)(C)C.C[Si](C)(CCCC(=O)O)O[Si](C)(C)CCCC(=O)O. The summed E-state index contributed by atoms with van der Waals surface area (Å²) < 4.78 is 11.8. The molecule has 0 aliphatic carbocycles. The molecule has 0 amide bonds. The van der Waals surface area contributed by atoms with E-state index in [1.165, 1.54) is 0 Å². The van der Waals surface area contributed by atoms with Crippen molar-refractivity contribution in [2.24, 2.45) is 0 Å². The van der Waals surface area contributed by atoms with E-state index in [4.69, 9.17) is 18.4 Å². The quantitative estimate of drug-likeness (QED) is 0.443. The van der Waals surface area contributed by atoms with Crippen molar-refractivity contribution < 1.29 is 28.0 Å². The van der Waals surface area contributed by atoms with E-state index in [0.717, 1.165) is 12.1 Å². The molecular formula is C16H40O6Si4. The van der Waals surface area contributed by atoms with Crippen LogP contribution in [-0.4, -0.2) is 56.9 Å². The third kappa shape index (κ3) is 21.8. The van der Waals surface area contributed by atoms with Crippen molar-refractivity contribution in [2.45, 2.75) is 90.1 Å². The van der Waals surface area contributed by atoms with E-state index in [1.54, 1.807) is 0 Å². The van der Waals surface area contributed by atoms with Gasteiger partial charge in [0.25, 0.3) is 0 Å². The van der Waals surface area contributed by atoms with E-state index in [-0.39, 0.29) is 22.6 Å². The van der Waals surface area contributed by atoms with Crippen LogP contribution in [0.4, 0.5) is 0 Å². The van der Waals surface area contributed by atoms with Gasteiger partial charge in [-0.1, -0.05) is 6.55 Å². The van der Waals surface area contributed by atoms with Gasteiger partial charge in [0.15, 0.2) is 25.0 Å². The number of carbonyl (C=O) groups is 2. The van der Waals surface area contributed by atoms with Gasteiger partial charge in [-0.15, -0.1) is 0 Å². The molecule has 26 heavy (non-hydrogen) atoms. The Morgan fingerprint density at radius 1 is 0.808 bits per heavy atom. The van der Waals surface area contributed by atoms with Crippen LogP contribution in [0.3, 0.4) is 0 Å². The zero-order chi connectivity index (χ0) is 21.0. The lowest BCUT2D eigenvalue weighted by Crippen LogP contribution is -2.44. The third-order valence-electron chi connectivity index (χ3n) is 3.47. The molecule has 10 heteroatoms. The molecule has 0 bridgehead atoms. The molecule has 0 atom stereocenters. The average molecular weight is 441 g/mol. The van der Waals surface area contributed by atoms with Crippen molar-refractivity contribution in [3.8, 4) is 0 Å². The zero-order valence-corrected chi connectivity index (χ0v) is 22.4. The van der Waals surface area contributed by atoms with Crippen molar-refractivity contribution in [1.82, 2.24) is 0 Å². The fourth-order valence-electron chi connectivity index (χ4n) is 2.61. The molecule has 2 N–H and O–H groups in total. The molecule has 0 aliphatic heterocycles. The van der Waals surface area contributed by atoms with Crippen LogP contribution in [0.1, 0.15) is 25.7 Å². The summed E-state index contributed by atoms with van der Waals surface area (Å²) in [5.41, 5.74) is 0. The largest absolute Gasteiger partial charge is 0.481 e. The van der Waals surface area contributed by atoms with Crippen LogP contribution < -0.4 is 0 Å². The van der Waals surface area contributed by atoms with Crippen LogP contribution in [0.2, 0.25) is 64.5 Å². The second-order valence-electron chi connectivity index (χ2n) is 8.66. The van der Waals surface area contributed by atoms with Gasteiger partial charge < -0.3 is 18.4 Å². The summed E-state index contributed by atoms with van der Waals surface area (Å²) in [4.78, 5) is 21.0. The standard InChI is InChI=1S/C12H26O5Si2.C4H14OSi2/c1-18(2,9-5-7-11(13)14)17-19(3,4)10-6-8-12(15)16;1-6-5-7(2,3)4/h5-10H2,1-4H3,(H,13,14)(H,15,16);6H2,1-4H3. The molecule has 0 aromatic carbocycles. The maximum atomic E-state index is 10.5. The summed E-state index contributed by atoms with van der Waals surface area (Å²) in [6, 6.07) is 1.68. The van der Waals surface area contributed by atoms with Crippen LogP contribution in [0.15, 0.2) is 0 Å². The highest BCUT2D eigenvalue weighted by Crippen LogP contribution is 2.24. The second-order valence-corrected chi connectivity index (χ2v) is 23.5. The first kappa shape index (κ1) is 27.9. The molecular weight excluding hydrogens is 401 g/mol. The molecule has 0 fully saturated rings. The molecule has 0 radical (unpaired) electrons. The Morgan fingerprint density at radius 2 is 1.15 bits per heavy atom. The van der Waals surface area contributed by atoms with Crippen LogP contribution in [-0.2, 0) is 17.8 Å². The van der Waals surface area contributed by atoms with Crippen molar-refractivity contribution >= 4 is 46.7 Å². The fourth-order valence-corrected chi connectivity index (χ4v) is 14.9. The van der Waals surface area contributed by atoms with E-state index >= 15 is 0 Å². The number of hydrogen-bond donors (Lipinski definition) is 2. The number of rotatable bonds is 12. The fraction of sp³-hybridized carbons (Fsp3) is 0.875. The Bertz CT molecular complexity index is 391. The van der Waals surface area contributed by atoms with Crippen LogP contribution in [0.5, 0.6) is 0 Å². The van der Waals surface area contributed by atoms with Gasteiger partial charge in [0.05, 0.1) is 0 Å². The minimum Gasteiger partial charge on any atom is -0.481 e. The van der Waals surface area contributed by atoms with Crippen molar-refractivity contribution in [2.75, 3.05) is 0 Å². The summed E-state index contributed by atoms with van der Waals surface area (Å²) in [5, 5.41) is 17.3. The Morgan fingerprint density at radius 3 is 1.35 bits per heavy atom. The van der Waals surface area contributed by atoms with Crippen LogP contribution >= 0.6 is 0 Å². The van der Waals surface area contributed by atoms with E-state index in [1.807, 2.05) is 0 Å². The molecule has 0 saturated carbocycles. The highest BCUT2D eigenvalue weighted by atomic mass is 28.4. The highest BCUT2D eigenvalue weighted by molar-refractivity contribution is 6.84. The van der Waals surface area contributed by atoms with Gasteiger partial charge in [-0.25, -0.2) is 0 Å². The van der Waals surface area contributed by atoms with Gasteiger partial charge in [0.1, 0.15) is 9.76 Å². The zero-order valence-electron chi connectivity index (χ0n) is 18.0. The predicted octanol–water partition coefficient (Wildman–Crippen LogP) is 4.11. The number of carboxylic acid groups (broad SMARTS) is 2. The number of carboxylic acids is 2. The lowest BCUT2D eigenvalue weighted by atomic mass is 10.3. The molecule has 6 nitrogen and oxygen atoms in total. The second kappa shape index (κ2) is 13.0. The molecule has 0 spiro atoms. The molecule has 0 rings (SSSR count). The minimum absolute atomic E-state index is 0.128. The predicted molar refractivity (Wildman–Crippen MR) is 118 cm³/mol. The van der Waals surface area contributed by atoms with Crippen molar-refractivity contribution in [1.29, 1.82) is 0 Å². The summed E-state index contributed by atoms with van der Waals surface area (Å²) in [7, 11) is -4.89. The third-order valence-corrected chi connectivity index (χ3v) is 15.6. The summed E-state index contributed by atoms with van der Waals surface area (Å²) in [5.74, 6) is -1.52. The van der Waals surface area contributed by atoms with Crippen LogP contribution in [0.25, 0.3) is 0 Å². The molecule has 0 heterocycles. The smallest absolute Gasteiger partial charge is 0.303 e. The first-order chi connectivity index (χ1) is 11.6. The highest BCUT2D eigenvalue weighted by Gasteiger charge is 2.32. The molecule has 156 valence electrons. The van der Waals surface area contributed by atoms with E-state index in [9.17, 15) is 9.59 Å². The normalized spacial score (nSPS) is 12.8. The maximum Gasteiger partial charge on any atom is 0.303 e. The van der Waals surface area contributed by atoms with Gasteiger partial charge in [0, 0.05) is 12.8 Å². The lowest BCUT2D eigenvalue weighted by molar-refractivity contribution is -0.138. The average Bonchev–Trinajstić information content (AvgIpc) is 2.34. The first-order valence-electron chi connectivity index (χ1n) is 9.38.